The highest BCUT2D eigenvalue weighted by Crippen LogP contribution is 2.34. The van der Waals surface area contributed by atoms with Crippen LogP contribution < -0.4 is 19.7 Å². The molecule has 35 heavy (non-hydrogen) atoms. The number of fused-ring (bicyclic) bond motifs is 1. The third kappa shape index (κ3) is 4.59. The Labute approximate surface area is 204 Å². The van der Waals surface area contributed by atoms with Crippen LogP contribution >= 0.6 is 0 Å². The number of nitrogens with zero attached hydrogens (tertiary/aromatic N) is 1. The molecule has 0 saturated heterocycles. The van der Waals surface area contributed by atoms with Gasteiger partial charge in [0.15, 0.2) is 0 Å². The van der Waals surface area contributed by atoms with E-state index in [1.807, 2.05) is 12.1 Å². The van der Waals surface area contributed by atoms with Crippen LogP contribution in [-0.2, 0) is 16.4 Å². The van der Waals surface area contributed by atoms with Gasteiger partial charge in [0.2, 0.25) is 0 Å². The first-order valence-corrected chi connectivity index (χ1v) is 12.8. The predicted octanol–water partition coefficient (Wildman–Crippen LogP) is 3.59. The summed E-state index contributed by atoms with van der Waals surface area (Å²) >= 11 is 0. The molecule has 1 aliphatic carbocycles. The standard InChI is InChI=1S/C26H25N3O5S/c1-34-24-12-11-21(35(32,33)29-14-13-17-5-2-3-8-23(17)29)16-22(24)26(31)28-20-7-4-6-18(15-20)25(30)27-19-9-10-19/h2-8,11-12,15-16,19H,9-10,13-14H2,1H3,(H,27,30)(H,28,31). The first kappa shape index (κ1) is 22.9. The van der Waals surface area contributed by atoms with Gasteiger partial charge in [-0.2, -0.15) is 0 Å². The second kappa shape index (κ2) is 9.07. The number of carbonyl (C=O) groups excluding carboxylic acids is 2. The number of methoxy groups -OCH3 is 1. The molecule has 3 aromatic carbocycles. The molecule has 0 atom stereocenters. The summed E-state index contributed by atoms with van der Waals surface area (Å²) in [7, 11) is -2.47. The Morgan fingerprint density at radius 1 is 0.971 bits per heavy atom. The molecule has 180 valence electrons. The number of hydrogen-bond donors (Lipinski definition) is 2. The molecule has 5 rings (SSSR count). The first-order valence-electron chi connectivity index (χ1n) is 11.4. The van der Waals surface area contributed by atoms with Crippen molar-refractivity contribution < 1.29 is 22.7 Å². The normalized spacial score (nSPS) is 14.8. The minimum Gasteiger partial charge on any atom is -0.496 e. The van der Waals surface area contributed by atoms with Gasteiger partial charge in [0, 0.05) is 23.8 Å². The summed E-state index contributed by atoms with van der Waals surface area (Å²) in [5.41, 5.74) is 2.55. The summed E-state index contributed by atoms with van der Waals surface area (Å²) in [6.07, 6.45) is 2.58. The molecule has 1 fully saturated rings. The molecule has 0 radical (unpaired) electrons. The molecule has 1 heterocycles. The van der Waals surface area contributed by atoms with E-state index in [9.17, 15) is 18.0 Å². The fourth-order valence-corrected chi connectivity index (χ4v) is 5.67. The average molecular weight is 492 g/mol. The van der Waals surface area contributed by atoms with Gasteiger partial charge in [-0.05, 0) is 67.3 Å². The fourth-order valence-electron chi connectivity index (χ4n) is 4.14. The van der Waals surface area contributed by atoms with Gasteiger partial charge in [-0.3, -0.25) is 13.9 Å². The Bertz CT molecular complexity index is 1420. The number of sulfonamides is 1. The molecule has 1 saturated carbocycles. The highest BCUT2D eigenvalue weighted by molar-refractivity contribution is 7.92. The number of hydrogen-bond acceptors (Lipinski definition) is 5. The lowest BCUT2D eigenvalue weighted by molar-refractivity contribution is 0.0949. The number of nitrogens with one attached hydrogen (secondary N) is 2. The lowest BCUT2D eigenvalue weighted by atomic mass is 10.1. The van der Waals surface area contributed by atoms with Crippen LogP contribution in [0.25, 0.3) is 0 Å². The van der Waals surface area contributed by atoms with Gasteiger partial charge in [0.05, 0.1) is 23.3 Å². The lowest BCUT2D eigenvalue weighted by Gasteiger charge is -2.20. The molecule has 2 aliphatic rings. The zero-order valence-corrected chi connectivity index (χ0v) is 20.0. The van der Waals surface area contributed by atoms with Crippen molar-refractivity contribution in [1.82, 2.24) is 5.32 Å². The van der Waals surface area contributed by atoms with Crippen molar-refractivity contribution in [3.8, 4) is 5.75 Å². The summed E-state index contributed by atoms with van der Waals surface area (Å²) in [6, 6.07) is 18.5. The number of ether oxygens (including phenoxy) is 1. The minimum atomic E-state index is -3.88. The fraction of sp³-hybridized carbons (Fsp3) is 0.231. The third-order valence-corrected chi connectivity index (χ3v) is 7.95. The molecule has 2 N–H and O–H groups in total. The van der Waals surface area contributed by atoms with Crippen molar-refractivity contribution in [2.75, 3.05) is 23.3 Å². The van der Waals surface area contributed by atoms with E-state index in [4.69, 9.17) is 4.74 Å². The largest absolute Gasteiger partial charge is 0.496 e. The molecule has 0 aromatic heterocycles. The van der Waals surface area contributed by atoms with Crippen LogP contribution in [0, 0.1) is 0 Å². The van der Waals surface area contributed by atoms with E-state index in [-0.39, 0.29) is 28.2 Å². The Balaban J connectivity index is 1.41. The number of anilines is 2. The summed E-state index contributed by atoms with van der Waals surface area (Å²) in [5.74, 6) is -0.494. The van der Waals surface area contributed by atoms with Gasteiger partial charge in [0.1, 0.15) is 5.75 Å². The van der Waals surface area contributed by atoms with Crippen LogP contribution in [0.5, 0.6) is 5.75 Å². The molecule has 0 bridgehead atoms. The molecule has 0 spiro atoms. The predicted molar refractivity (Wildman–Crippen MR) is 133 cm³/mol. The smallest absolute Gasteiger partial charge is 0.264 e. The van der Waals surface area contributed by atoms with E-state index >= 15 is 0 Å². The van der Waals surface area contributed by atoms with E-state index < -0.39 is 15.9 Å². The highest BCUT2D eigenvalue weighted by atomic mass is 32.2. The topological polar surface area (TPSA) is 105 Å². The van der Waals surface area contributed by atoms with Gasteiger partial charge in [-0.15, -0.1) is 0 Å². The summed E-state index contributed by atoms with van der Waals surface area (Å²) in [5, 5.41) is 5.67. The summed E-state index contributed by atoms with van der Waals surface area (Å²) < 4.78 is 33.6. The molecule has 8 nitrogen and oxygen atoms in total. The Kier molecular flexibility index (Phi) is 5.94. The second-order valence-corrected chi connectivity index (χ2v) is 10.5. The van der Waals surface area contributed by atoms with Gasteiger partial charge in [0.25, 0.3) is 21.8 Å². The van der Waals surface area contributed by atoms with Crippen LogP contribution in [0.2, 0.25) is 0 Å². The monoisotopic (exact) mass is 491 g/mol. The number of amides is 2. The maximum atomic E-state index is 13.5. The highest BCUT2D eigenvalue weighted by Gasteiger charge is 2.31. The van der Waals surface area contributed by atoms with Crippen LogP contribution in [0.3, 0.4) is 0 Å². The van der Waals surface area contributed by atoms with Crippen molar-refractivity contribution >= 4 is 33.2 Å². The first-order chi connectivity index (χ1) is 16.9. The zero-order chi connectivity index (χ0) is 24.6. The van der Waals surface area contributed by atoms with Gasteiger partial charge >= 0.3 is 0 Å². The molecular formula is C26H25N3O5S. The molecular weight excluding hydrogens is 466 g/mol. The second-order valence-electron chi connectivity index (χ2n) is 8.60. The molecule has 0 unspecified atom stereocenters. The van der Waals surface area contributed by atoms with Crippen molar-refractivity contribution in [2.24, 2.45) is 0 Å². The van der Waals surface area contributed by atoms with Crippen LogP contribution in [-0.4, -0.2) is 39.9 Å². The number of carbonyl (C=O) groups is 2. The van der Waals surface area contributed by atoms with E-state index in [2.05, 4.69) is 10.6 Å². The average Bonchev–Trinajstić information content (AvgIpc) is 3.57. The van der Waals surface area contributed by atoms with E-state index in [0.717, 1.165) is 18.4 Å². The van der Waals surface area contributed by atoms with Crippen molar-refractivity contribution in [3.05, 3.63) is 83.4 Å². The maximum Gasteiger partial charge on any atom is 0.264 e. The lowest BCUT2D eigenvalue weighted by Crippen LogP contribution is -2.29. The van der Waals surface area contributed by atoms with Gasteiger partial charge in [-0.1, -0.05) is 24.3 Å². The van der Waals surface area contributed by atoms with Crippen molar-refractivity contribution in [1.29, 1.82) is 0 Å². The Morgan fingerprint density at radius 3 is 2.54 bits per heavy atom. The quantitative estimate of drug-likeness (QED) is 0.526. The van der Waals surface area contributed by atoms with Gasteiger partial charge < -0.3 is 15.4 Å². The number of benzene rings is 3. The molecule has 2 amide bonds. The van der Waals surface area contributed by atoms with Crippen LogP contribution in [0.15, 0.2) is 71.6 Å². The molecule has 3 aromatic rings. The van der Waals surface area contributed by atoms with Crippen LogP contribution in [0.1, 0.15) is 39.1 Å². The summed E-state index contributed by atoms with van der Waals surface area (Å²) in [4.78, 5) is 25.5. The Hall–Kier alpha value is -3.85. The third-order valence-electron chi connectivity index (χ3n) is 6.14. The van der Waals surface area contributed by atoms with Gasteiger partial charge in [-0.25, -0.2) is 8.42 Å². The Morgan fingerprint density at radius 2 is 1.77 bits per heavy atom. The van der Waals surface area contributed by atoms with E-state index in [0.29, 0.717) is 29.9 Å². The number of para-hydroxylation sites is 1. The van der Waals surface area contributed by atoms with Crippen molar-refractivity contribution in [3.63, 3.8) is 0 Å². The van der Waals surface area contributed by atoms with Crippen LogP contribution in [0.4, 0.5) is 11.4 Å². The SMILES string of the molecule is COc1ccc(S(=O)(=O)N2CCc3ccccc32)cc1C(=O)Nc1cccc(C(=O)NC2CC2)c1. The maximum absolute atomic E-state index is 13.5. The van der Waals surface area contributed by atoms with E-state index in [1.165, 1.54) is 29.6 Å². The minimum absolute atomic E-state index is 0.00212. The molecule has 1 aliphatic heterocycles. The summed E-state index contributed by atoms with van der Waals surface area (Å²) in [6.45, 7) is 0.338. The molecule has 9 heteroatoms. The number of rotatable bonds is 7. The zero-order valence-electron chi connectivity index (χ0n) is 19.2. The van der Waals surface area contributed by atoms with E-state index in [1.54, 1.807) is 36.4 Å². The van der Waals surface area contributed by atoms with Crippen molar-refractivity contribution in [2.45, 2.75) is 30.2 Å².